The highest BCUT2D eigenvalue weighted by atomic mass is 32.2. The Bertz CT molecular complexity index is 747. The first-order chi connectivity index (χ1) is 14.3. The van der Waals surface area contributed by atoms with E-state index in [1.165, 1.54) is 7.11 Å². The van der Waals surface area contributed by atoms with Crippen LogP contribution in [0.3, 0.4) is 0 Å². The number of phenolic OH excluding ortho intramolecular Hbond substituents is 1. The summed E-state index contributed by atoms with van der Waals surface area (Å²) in [6, 6.07) is 5.22. The van der Waals surface area contributed by atoms with Crippen molar-refractivity contribution in [3.63, 3.8) is 0 Å². The summed E-state index contributed by atoms with van der Waals surface area (Å²) in [6.45, 7) is 1.81. The zero-order valence-electron chi connectivity index (χ0n) is 17.6. The largest absolute Gasteiger partial charge is 0.508 e. The van der Waals surface area contributed by atoms with Crippen LogP contribution < -0.4 is 0 Å². The molecular formula is C23H32O6S. The monoisotopic (exact) mass is 436 g/mol. The molecule has 2 rings (SSSR count). The van der Waals surface area contributed by atoms with Gasteiger partial charge in [0.25, 0.3) is 0 Å². The summed E-state index contributed by atoms with van der Waals surface area (Å²) < 4.78 is 4.61. The number of rotatable bonds is 11. The van der Waals surface area contributed by atoms with E-state index >= 15 is 0 Å². The Balaban J connectivity index is 1.83. The van der Waals surface area contributed by atoms with E-state index in [1.807, 2.05) is 6.07 Å². The Morgan fingerprint density at radius 1 is 1.37 bits per heavy atom. The molecule has 1 fully saturated rings. The second-order valence-electron chi connectivity index (χ2n) is 7.78. The predicted octanol–water partition coefficient (Wildman–Crippen LogP) is 2.80. The van der Waals surface area contributed by atoms with Crippen molar-refractivity contribution in [2.24, 2.45) is 11.8 Å². The number of aryl methyl sites for hydroxylation is 1. The van der Waals surface area contributed by atoms with Crippen LogP contribution in [0.4, 0.5) is 0 Å². The lowest BCUT2D eigenvalue weighted by Gasteiger charge is -2.18. The van der Waals surface area contributed by atoms with E-state index in [9.17, 15) is 24.9 Å². The van der Waals surface area contributed by atoms with Gasteiger partial charge in [-0.3, -0.25) is 9.59 Å². The average Bonchev–Trinajstić information content (AvgIpc) is 2.98. The third-order valence-electron chi connectivity index (χ3n) is 5.46. The number of benzene rings is 1. The Kier molecular flexibility index (Phi) is 9.88. The van der Waals surface area contributed by atoms with Gasteiger partial charge >= 0.3 is 5.97 Å². The second-order valence-corrected chi connectivity index (χ2v) is 9.00. The van der Waals surface area contributed by atoms with Crippen molar-refractivity contribution in [2.45, 2.75) is 51.2 Å². The summed E-state index contributed by atoms with van der Waals surface area (Å²) in [5.41, 5.74) is 1.66. The van der Waals surface area contributed by atoms with Gasteiger partial charge < -0.3 is 20.1 Å². The highest BCUT2D eigenvalue weighted by Gasteiger charge is 2.39. The maximum atomic E-state index is 12.3. The number of Topliss-reactive ketones (excluding diaryl/α,β-unsaturated/α-hetero) is 1. The molecule has 1 aromatic rings. The van der Waals surface area contributed by atoms with E-state index in [2.05, 4.69) is 4.74 Å². The van der Waals surface area contributed by atoms with E-state index in [0.29, 0.717) is 19.3 Å². The van der Waals surface area contributed by atoms with Crippen LogP contribution in [-0.4, -0.2) is 57.9 Å². The van der Waals surface area contributed by atoms with Crippen molar-refractivity contribution in [1.82, 2.24) is 0 Å². The minimum absolute atomic E-state index is 0.0657. The number of aliphatic hydroxyl groups excluding tert-OH is 2. The van der Waals surface area contributed by atoms with Gasteiger partial charge in [0.15, 0.2) is 0 Å². The first-order valence-electron chi connectivity index (χ1n) is 10.3. The number of ketones is 1. The molecule has 6 nitrogen and oxygen atoms in total. The molecule has 3 N–H and O–H groups in total. The van der Waals surface area contributed by atoms with Crippen LogP contribution in [0.25, 0.3) is 0 Å². The van der Waals surface area contributed by atoms with Crippen LogP contribution in [0.5, 0.6) is 5.75 Å². The summed E-state index contributed by atoms with van der Waals surface area (Å²) >= 11 is 1.69. The molecule has 0 radical (unpaired) electrons. The molecule has 0 saturated heterocycles. The van der Waals surface area contributed by atoms with E-state index < -0.39 is 12.2 Å². The molecule has 4 unspecified atom stereocenters. The number of hydrogen-bond acceptors (Lipinski definition) is 7. The smallest absolute Gasteiger partial charge is 0.305 e. The van der Waals surface area contributed by atoms with Gasteiger partial charge in [0.1, 0.15) is 11.5 Å². The summed E-state index contributed by atoms with van der Waals surface area (Å²) in [4.78, 5) is 23.4. The Labute approximate surface area is 182 Å². The van der Waals surface area contributed by atoms with Gasteiger partial charge in [-0.2, -0.15) is 11.8 Å². The van der Waals surface area contributed by atoms with Crippen LogP contribution in [0.15, 0.2) is 30.4 Å². The molecule has 0 spiro atoms. The van der Waals surface area contributed by atoms with Gasteiger partial charge in [-0.1, -0.05) is 24.3 Å². The third kappa shape index (κ3) is 7.45. The summed E-state index contributed by atoms with van der Waals surface area (Å²) in [5, 5.41) is 30.2. The topological polar surface area (TPSA) is 104 Å². The zero-order valence-corrected chi connectivity index (χ0v) is 18.4. The van der Waals surface area contributed by atoms with E-state index in [-0.39, 0.29) is 35.8 Å². The number of aromatic hydroxyl groups is 1. The van der Waals surface area contributed by atoms with Gasteiger partial charge in [0, 0.05) is 31.1 Å². The summed E-state index contributed by atoms with van der Waals surface area (Å²) in [7, 11) is 1.38. The van der Waals surface area contributed by atoms with Crippen molar-refractivity contribution < 1.29 is 29.6 Å². The molecular weight excluding hydrogens is 404 g/mol. The van der Waals surface area contributed by atoms with Crippen LogP contribution in [-0.2, 0) is 20.7 Å². The summed E-state index contributed by atoms with van der Waals surface area (Å²) in [6.07, 6.45) is 4.34. The molecule has 4 atom stereocenters. The van der Waals surface area contributed by atoms with E-state index in [0.717, 1.165) is 29.1 Å². The van der Waals surface area contributed by atoms with Crippen molar-refractivity contribution in [2.75, 3.05) is 18.6 Å². The lowest BCUT2D eigenvalue weighted by Crippen LogP contribution is -2.20. The second kappa shape index (κ2) is 12.1. The molecule has 1 aromatic carbocycles. The SMILES string of the molecule is COC(=O)CCCSCCC1C(=O)CC(O)C1/C=C/C(O)Cc1ccc(O)c(C)c1. The molecule has 1 aliphatic rings. The third-order valence-corrected chi connectivity index (χ3v) is 6.57. The lowest BCUT2D eigenvalue weighted by atomic mass is 9.91. The first-order valence-corrected chi connectivity index (χ1v) is 11.5. The maximum Gasteiger partial charge on any atom is 0.305 e. The number of esters is 1. The maximum absolute atomic E-state index is 12.3. The van der Waals surface area contributed by atoms with Crippen molar-refractivity contribution in [1.29, 1.82) is 0 Å². The average molecular weight is 437 g/mol. The Hall–Kier alpha value is -1.83. The predicted molar refractivity (Wildman–Crippen MR) is 117 cm³/mol. The first kappa shape index (κ1) is 24.4. The molecule has 0 aromatic heterocycles. The molecule has 0 amide bonds. The number of methoxy groups -OCH3 is 1. The normalized spacial score (nSPS) is 22.5. The quantitative estimate of drug-likeness (QED) is 0.278. The lowest BCUT2D eigenvalue weighted by molar-refractivity contribution is -0.140. The van der Waals surface area contributed by atoms with Crippen molar-refractivity contribution in [3.05, 3.63) is 41.5 Å². The fraction of sp³-hybridized carbons (Fsp3) is 0.565. The van der Waals surface area contributed by atoms with Crippen LogP contribution in [0, 0.1) is 18.8 Å². The van der Waals surface area contributed by atoms with Crippen molar-refractivity contribution >= 4 is 23.5 Å². The number of hydrogen-bond donors (Lipinski definition) is 3. The number of carbonyl (C=O) groups is 2. The molecule has 1 saturated carbocycles. The number of phenols is 1. The van der Waals surface area contributed by atoms with Gasteiger partial charge in [-0.15, -0.1) is 0 Å². The zero-order chi connectivity index (χ0) is 22.1. The van der Waals surface area contributed by atoms with Crippen LogP contribution >= 0.6 is 11.8 Å². The van der Waals surface area contributed by atoms with E-state index in [4.69, 9.17) is 0 Å². The Morgan fingerprint density at radius 2 is 2.13 bits per heavy atom. The van der Waals surface area contributed by atoms with Crippen LogP contribution in [0.1, 0.15) is 36.8 Å². The number of carbonyl (C=O) groups excluding carboxylic acids is 2. The highest BCUT2D eigenvalue weighted by molar-refractivity contribution is 7.99. The number of thioether (sulfide) groups is 1. The molecule has 0 bridgehead atoms. The minimum Gasteiger partial charge on any atom is -0.508 e. The van der Waals surface area contributed by atoms with Crippen LogP contribution in [0.2, 0.25) is 0 Å². The fourth-order valence-corrected chi connectivity index (χ4v) is 4.71. The molecule has 0 heterocycles. The molecule has 1 aliphatic carbocycles. The van der Waals surface area contributed by atoms with Crippen molar-refractivity contribution in [3.8, 4) is 5.75 Å². The standard InChI is InChI=1S/C23H32O6S/c1-15-12-16(5-8-20(15)25)13-17(24)6-7-18-19(22(27)14-21(18)26)9-11-30-10-3-4-23(28)29-2/h5-8,12,17-19,21,24-26H,3-4,9-11,13-14H2,1-2H3/b7-6+. The molecule has 7 heteroatoms. The minimum atomic E-state index is -0.731. The summed E-state index contributed by atoms with van der Waals surface area (Å²) in [5.74, 6) is 1.15. The van der Waals surface area contributed by atoms with Gasteiger partial charge in [0.2, 0.25) is 0 Å². The Morgan fingerprint density at radius 3 is 2.83 bits per heavy atom. The fourth-order valence-electron chi connectivity index (χ4n) is 3.74. The number of ether oxygens (including phenoxy) is 1. The number of aliphatic hydroxyl groups is 2. The van der Waals surface area contributed by atoms with E-state index in [1.54, 1.807) is 43.0 Å². The molecule has 30 heavy (non-hydrogen) atoms. The molecule has 0 aliphatic heterocycles. The van der Waals surface area contributed by atoms with Gasteiger partial charge in [-0.05, 0) is 48.5 Å². The van der Waals surface area contributed by atoms with Gasteiger partial charge in [0.05, 0.1) is 19.3 Å². The highest BCUT2D eigenvalue weighted by Crippen LogP contribution is 2.34. The molecule has 166 valence electrons. The van der Waals surface area contributed by atoms with Gasteiger partial charge in [-0.25, -0.2) is 0 Å².